The van der Waals surface area contributed by atoms with Crippen LogP contribution >= 0.6 is 11.3 Å². The molecular weight excluding hydrogens is 348 g/mol. The van der Waals surface area contributed by atoms with E-state index >= 15 is 0 Å². The fraction of sp³-hybridized carbons (Fsp3) is 0.300. The Morgan fingerprint density at radius 3 is 2.77 bits per heavy atom. The van der Waals surface area contributed by atoms with E-state index < -0.39 is 6.10 Å². The van der Waals surface area contributed by atoms with Crippen molar-refractivity contribution in [3.05, 3.63) is 57.2 Å². The summed E-state index contributed by atoms with van der Waals surface area (Å²) in [5.74, 6) is 0.528. The largest absolute Gasteiger partial charge is 0.480 e. The average Bonchev–Trinajstić information content (AvgIpc) is 2.90. The molecule has 6 heteroatoms. The maximum atomic E-state index is 12.7. The first-order valence-corrected chi connectivity index (χ1v) is 9.35. The molecule has 0 aliphatic rings. The van der Waals surface area contributed by atoms with Gasteiger partial charge in [0.05, 0.1) is 10.2 Å². The standard InChI is InChI=1S/C20H22N2O3S/c1-5-16(25-17-8-6-7-12(2)13(17)3)19(23)21-14-9-10-15-18(11-14)26-20(24)22(15)4/h6-11,16H,5H2,1-4H3,(H,21,23)/t16-/m0/s1. The first-order valence-electron chi connectivity index (χ1n) is 8.54. The number of carbonyl (C=O) groups is 1. The second-order valence-electron chi connectivity index (χ2n) is 6.31. The number of carbonyl (C=O) groups excluding carboxylic acids is 1. The molecule has 0 aliphatic carbocycles. The van der Waals surface area contributed by atoms with Crippen molar-refractivity contribution in [2.24, 2.45) is 7.05 Å². The van der Waals surface area contributed by atoms with E-state index in [2.05, 4.69) is 5.32 Å². The van der Waals surface area contributed by atoms with Crippen LogP contribution in [0.5, 0.6) is 5.75 Å². The highest BCUT2D eigenvalue weighted by Gasteiger charge is 2.20. The van der Waals surface area contributed by atoms with Gasteiger partial charge in [-0.1, -0.05) is 30.4 Å². The summed E-state index contributed by atoms with van der Waals surface area (Å²) in [5, 5.41) is 2.90. The summed E-state index contributed by atoms with van der Waals surface area (Å²) in [6, 6.07) is 11.3. The van der Waals surface area contributed by atoms with Gasteiger partial charge >= 0.3 is 4.87 Å². The zero-order chi connectivity index (χ0) is 18.8. The molecule has 5 nitrogen and oxygen atoms in total. The van der Waals surface area contributed by atoms with Gasteiger partial charge in [-0.25, -0.2) is 0 Å². The second kappa shape index (κ2) is 7.33. The summed E-state index contributed by atoms with van der Waals surface area (Å²) in [6.07, 6.45) is -0.0270. The maximum Gasteiger partial charge on any atom is 0.307 e. The van der Waals surface area contributed by atoms with Gasteiger partial charge in [0.2, 0.25) is 0 Å². The predicted octanol–water partition coefficient (Wildman–Crippen LogP) is 4.01. The quantitative estimate of drug-likeness (QED) is 0.738. The van der Waals surface area contributed by atoms with Crippen molar-refractivity contribution in [2.75, 3.05) is 5.32 Å². The fourth-order valence-corrected chi connectivity index (χ4v) is 3.68. The number of ether oxygens (including phenoxy) is 1. The molecule has 0 aliphatic heterocycles. The number of anilines is 1. The highest BCUT2D eigenvalue weighted by Crippen LogP contribution is 2.24. The lowest BCUT2D eigenvalue weighted by Crippen LogP contribution is -2.32. The number of nitrogens with zero attached hydrogens (tertiary/aromatic N) is 1. The van der Waals surface area contributed by atoms with Crippen LogP contribution in [0.4, 0.5) is 5.69 Å². The van der Waals surface area contributed by atoms with Crippen molar-refractivity contribution in [3.63, 3.8) is 0 Å². The minimum Gasteiger partial charge on any atom is -0.480 e. The molecule has 136 valence electrons. The number of hydrogen-bond donors (Lipinski definition) is 1. The molecule has 2 aromatic carbocycles. The van der Waals surface area contributed by atoms with E-state index in [1.165, 1.54) is 11.3 Å². The van der Waals surface area contributed by atoms with Gasteiger partial charge in [0.25, 0.3) is 5.91 Å². The van der Waals surface area contributed by atoms with Crippen LogP contribution in [0.2, 0.25) is 0 Å². The van der Waals surface area contributed by atoms with Crippen LogP contribution in [0.3, 0.4) is 0 Å². The third-order valence-electron chi connectivity index (χ3n) is 4.55. The molecule has 0 unspecified atom stereocenters. The monoisotopic (exact) mass is 370 g/mol. The third kappa shape index (κ3) is 3.51. The lowest BCUT2D eigenvalue weighted by Gasteiger charge is -2.19. The van der Waals surface area contributed by atoms with Crippen LogP contribution in [-0.2, 0) is 11.8 Å². The lowest BCUT2D eigenvalue weighted by molar-refractivity contribution is -0.122. The van der Waals surface area contributed by atoms with Gasteiger partial charge in [0, 0.05) is 12.7 Å². The Labute approximate surface area is 156 Å². The summed E-state index contributed by atoms with van der Waals surface area (Å²) in [5.41, 5.74) is 3.68. The van der Waals surface area contributed by atoms with E-state index in [9.17, 15) is 9.59 Å². The van der Waals surface area contributed by atoms with Crippen LogP contribution in [0.25, 0.3) is 10.2 Å². The van der Waals surface area contributed by atoms with Crippen LogP contribution in [-0.4, -0.2) is 16.6 Å². The highest BCUT2D eigenvalue weighted by atomic mass is 32.1. The van der Waals surface area contributed by atoms with Gasteiger partial charge in [-0.2, -0.15) is 0 Å². The van der Waals surface area contributed by atoms with E-state index in [1.54, 1.807) is 17.7 Å². The summed E-state index contributed by atoms with van der Waals surface area (Å²) < 4.78 is 8.40. The molecular formula is C20H22N2O3S. The first-order chi connectivity index (χ1) is 12.4. The number of rotatable bonds is 5. The molecule has 3 rings (SSSR count). The first kappa shape index (κ1) is 18.2. The third-order valence-corrected chi connectivity index (χ3v) is 5.54. The van der Waals surface area contributed by atoms with Crippen LogP contribution in [0.15, 0.2) is 41.2 Å². The summed E-state index contributed by atoms with van der Waals surface area (Å²) >= 11 is 1.17. The summed E-state index contributed by atoms with van der Waals surface area (Å²) in [4.78, 5) is 24.4. The van der Waals surface area contributed by atoms with E-state index in [-0.39, 0.29) is 10.8 Å². The van der Waals surface area contributed by atoms with Crippen molar-refractivity contribution < 1.29 is 9.53 Å². The van der Waals surface area contributed by atoms with Crippen molar-refractivity contribution in [3.8, 4) is 5.75 Å². The van der Waals surface area contributed by atoms with Crippen molar-refractivity contribution in [1.82, 2.24) is 4.57 Å². The molecule has 0 saturated carbocycles. The van der Waals surface area contributed by atoms with E-state index in [1.807, 2.05) is 51.1 Å². The lowest BCUT2D eigenvalue weighted by atomic mass is 10.1. The van der Waals surface area contributed by atoms with Crippen LogP contribution in [0, 0.1) is 13.8 Å². The van der Waals surface area contributed by atoms with Gasteiger partial charge in [-0.15, -0.1) is 0 Å². The Morgan fingerprint density at radius 2 is 2.04 bits per heavy atom. The minimum atomic E-state index is -0.583. The molecule has 1 heterocycles. The number of benzene rings is 2. The van der Waals surface area contributed by atoms with Gasteiger partial charge in [0.1, 0.15) is 5.75 Å². The highest BCUT2D eigenvalue weighted by molar-refractivity contribution is 7.16. The smallest absolute Gasteiger partial charge is 0.307 e. The Bertz CT molecular complexity index is 1020. The zero-order valence-corrected chi connectivity index (χ0v) is 16.1. The second-order valence-corrected chi connectivity index (χ2v) is 7.30. The molecule has 1 atom stereocenters. The SMILES string of the molecule is CC[C@H](Oc1cccc(C)c1C)C(=O)Nc1ccc2c(c1)sc(=O)n2C. The fourth-order valence-electron chi connectivity index (χ4n) is 2.76. The topological polar surface area (TPSA) is 60.3 Å². The Balaban J connectivity index is 1.79. The van der Waals surface area contributed by atoms with Gasteiger partial charge < -0.3 is 14.6 Å². The molecule has 0 spiro atoms. The van der Waals surface area contributed by atoms with Gasteiger partial charge in [-0.05, 0) is 55.7 Å². The minimum absolute atomic E-state index is 0.0202. The molecule has 0 saturated heterocycles. The summed E-state index contributed by atoms with van der Waals surface area (Å²) in [7, 11) is 1.74. The molecule has 0 fully saturated rings. The molecule has 26 heavy (non-hydrogen) atoms. The van der Waals surface area contributed by atoms with Crippen molar-refractivity contribution >= 4 is 33.1 Å². The van der Waals surface area contributed by atoms with E-state index in [0.717, 1.165) is 27.1 Å². The van der Waals surface area contributed by atoms with Gasteiger partial charge in [-0.3, -0.25) is 9.59 Å². The molecule has 1 aromatic heterocycles. The number of thiazole rings is 1. The maximum absolute atomic E-state index is 12.7. The number of aromatic nitrogens is 1. The molecule has 1 amide bonds. The number of aryl methyl sites for hydroxylation is 2. The number of amides is 1. The van der Waals surface area contributed by atoms with Crippen LogP contribution in [0.1, 0.15) is 24.5 Å². The molecule has 0 bridgehead atoms. The normalized spacial score (nSPS) is 12.2. The van der Waals surface area contributed by atoms with Crippen molar-refractivity contribution in [1.29, 1.82) is 0 Å². The molecule has 1 N–H and O–H groups in total. The number of fused-ring (bicyclic) bond motifs is 1. The van der Waals surface area contributed by atoms with E-state index in [4.69, 9.17) is 4.74 Å². The van der Waals surface area contributed by atoms with Crippen LogP contribution < -0.4 is 14.9 Å². The van der Waals surface area contributed by atoms with Gasteiger partial charge in [0.15, 0.2) is 6.10 Å². The van der Waals surface area contributed by atoms with E-state index in [0.29, 0.717) is 12.1 Å². The van der Waals surface area contributed by atoms with Crippen molar-refractivity contribution in [2.45, 2.75) is 33.3 Å². The summed E-state index contributed by atoms with van der Waals surface area (Å²) in [6.45, 7) is 5.92. The molecule has 3 aromatic rings. The Hall–Kier alpha value is -2.60. The Kier molecular flexibility index (Phi) is 5.13. The average molecular weight is 370 g/mol. The number of nitrogens with one attached hydrogen (secondary N) is 1. The Morgan fingerprint density at radius 1 is 1.27 bits per heavy atom. The predicted molar refractivity (Wildman–Crippen MR) is 106 cm³/mol. The number of hydrogen-bond acceptors (Lipinski definition) is 4. The molecule has 0 radical (unpaired) electrons. The zero-order valence-electron chi connectivity index (χ0n) is 15.3.